The first-order valence-electron chi connectivity index (χ1n) is 9.95. The number of nitrogens with zero attached hydrogens (tertiary/aromatic N) is 2. The number of nitrogens with one attached hydrogen (secondary N) is 2. The maximum atomic E-state index is 14.0. The average molecular weight is 437 g/mol. The van der Waals surface area contributed by atoms with Gasteiger partial charge in [0, 0.05) is 24.1 Å². The second-order valence-electron chi connectivity index (χ2n) is 7.47. The summed E-state index contributed by atoms with van der Waals surface area (Å²) in [6.07, 6.45) is 0.315. The van der Waals surface area contributed by atoms with Crippen molar-refractivity contribution in [1.82, 2.24) is 14.9 Å². The number of aromatic nitrogens is 2. The Morgan fingerprint density at radius 1 is 1.28 bits per heavy atom. The van der Waals surface area contributed by atoms with Crippen LogP contribution < -0.4 is 21.9 Å². The van der Waals surface area contributed by atoms with Crippen LogP contribution in [0.5, 0.6) is 0 Å². The highest BCUT2D eigenvalue weighted by molar-refractivity contribution is 6.08. The molecular formula is C22H20FN5O4. The normalized spacial score (nSPS) is 16.2. The summed E-state index contributed by atoms with van der Waals surface area (Å²) in [5.41, 5.74) is 5.88. The highest BCUT2D eigenvalue weighted by atomic mass is 19.1. The lowest BCUT2D eigenvalue weighted by molar-refractivity contribution is -0.135. The van der Waals surface area contributed by atoms with Crippen molar-refractivity contribution in [3.63, 3.8) is 0 Å². The third-order valence-corrected chi connectivity index (χ3v) is 5.41. The highest BCUT2D eigenvalue weighted by Crippen LogP contribution is 2.24. The van der Waals surface area contributed by atoms with Gasteiger partial charge < -0.3 is 11.1 Å². The van der Waals surface area contributed by atoms with Gasteiger partial charge in [-0.05, 0) is 37.6 Å². The summed E-state index contributed by atoms with van der Waals surface area (Å²) in [4.78, 5) is 54.0. The number of carbonyl (C=O) groups excluding carboxylic acids is 3. The third-order valence-electron chi connectivity index (χ3n) is 5.41. The summed E-state index contributed by atoms with van der Waals surface area (Å²) >= 11 is 0. The molecule has 0 radical (unpaired) electrons. The Morgan fingerprint density at radius 2 is 2.06 bits per heavy atom. The number of nitrogens with two attached hydrogens (primary N) is 1. The number of carbonyl (C=O) groups is 3. The second kappa shape index (κ2) is 8.31. The highest BCUT2D eigenvalue weighted by Gasteiger charge is 2.30. The molecule has 4 N–H and O–H groups in total. The van der Waals surface area contributed by atoms with Gasteiger partial charge >= 0.3 is 0 Å². The Kier molecular flexibility index (Phi) is 5.54. The van der Waals surface area contributed by atoms with E-state index in [0.29, 0.717) is 0 Å². The van der Waals surface area contributed by atoms with E-state index in [9.17, 15) is 23.6 Å². The zero-order valence-electron chi connectivity index (χ0n) is 17.1. The first kappa shape index (κ1) is 21.3. The van der Waals surface area contributed by atoms with Gasteiger partial charge in [-0.2, -0.15) is 0 Å². The van der Waals surface area contributed by atoms with Crippen molar-refractivity contribution >= 4 is 34.3 Å². The second-order valence-corrected chi connectivity index (χ2v) is 7.47. The summed E-state index contributed by atoms with van der Waals surface area (Å²) in [7, 11) is 0. The summed E-state index contributed by atoms with van der Waals surface area (Å²) in [5.74, 6) is -1.84. The Labute approximate surface area is 181 Å². The van der Waals surface area contributed by atoms with Gasteiger partial charge in [-0.1, -0.05) is 12.1 Å². The van der Waals surface area contributed by atoms with Crippen LogP contribution >= 0.6 is 0 Å². The Balaban J connectivity index is 1.72. The molecular weight excluding hydrogens is 417 g/mol. The molecule has 1 atom stereocenters. The van der Waals surface area contributed by atoms with Crippen LogP contribution in [0, 0.1) is 12.7 Å². The number of hydrogen-bond acceptors (Lipinski definition) is 6. The molecule has 0 aliphatic carbocycles. The van der Waals surface area contributed by atoms with Gasteiger partial charge in [-0.3, -0.25) is 29.1 Å². The fraction of sp³-hybridized carbons (Fsp3) is 0.227. The third kappa shape index (κ3) is 3.76. The minimum absolute atomic E-state index is 0.0136. The van der Waals surface area contributed by atoms with Gasteiger partial charge in [0.2, 0.25) is 11.8 Å². The summed E-state index contributed by atoms with van der Waals surface area (Å²) in [5, 5.41) is 5.10. The van der Waals surface area contributed by atoms with Crippen molar-refractivity contribution in [2.45, 2.75) is 32.4 Å². The minimum atomic E-state index is -0.848. The van der Waals surface area contributed by atoms with E-state index in [-0.39, 0.29) is 58.8 Å². The predicted octanol–water partition coefficient (Wildman–Crippen LogP) is 1.53. The van der Waals surface area contributed by atoms with Crippen molar-refractivity contribution in [1.29, 1.82) is 0 Å². The lowest BCUT2D eigenvalue weighted by Gasteiger charge is -2.24. The molecule has 3 aromatic rings. The number of anilines is 1. The number of hydrogen-bond donors (Lipinski definition) is 3. The average Bonchev–Trinajstić information content (AvgIpc) is 2.75. The molecule has 9 nitrogen and oxygen atoms in total. The maximum Gasteiger partial charge on any atom is 0.262 e. The van der Waals surface area contributed by atoms with Crippen LogP contribution in [0.25, 0.3) is 10.9 Å². The number of rotatable bonds is 4. The van der Waals surface area contributed by atoms with Gasteiger partial charge in [0.1, 0.15) is 23.2 Å². The van der Waals surface area contributed by atoms with E-state index >= 15 is 0 Å². The molecule has 1 fully saturated rings. The molecule has 164 valence electrons. The van der Waals surface area contributed by atoms with Crippen LogP contribution in [-0.4, -0.2) is 27.3 Å². The van der Waals surface area contributed by atoms with Gasteiger partial charge in [0.25, 0.3) is 11.5 Å². The number of benzene rings is 2. The molecule has 0 bridgehead atoms. The van der Waals surface area contributed by atoms with E-state index in [1.54, 1.807) is 19.1 Å². The molecule has 1 aliphatic rings. The minimum Gasteiger partial charge on any atom is -0.326 e. The molecule has 4 rings (SSSR count). The van der Waals surface area contributed by atoms with Gasteiger partial charge in [0.15, 0.2) is 0 Å². The molecule has 1 aliphatic heterocycles. The summed E-state index contributed by atoms with van der Waals surface area (Å²) in [6, 6.07) is 7.83. The van der Waals surface area contributed by atoms with Crippen molar-refractivity contribution in [3.05, 3.63) is 69.5 Å². The van der Waals surface area contributed by atoms with E-state index in [0.717, 1.165) is 6.07 Å². The maximum absolute atomic E-state index is 14.0. The molecule has 0 saturated carbocycles. The van der Waals surface area contributed by atoms with Crippen molar-refractivity contribution in [2.75, 3.05) is 5.32 Å². The van der Waals surface area contributed by atoms with E-state index in [1.165, 1.54) is 22.8 Å². The molecule has 1 unspecified atom stereocenters. The SMILES string of the molecule is Cc1nc2c(NC(=O)c3ccc(CN)c(F)c3)cccc2c(=O)n1C1CCC(=O)NC1=O. The largest absolute Gasteiger partial charge is 0.326 e. The molecule has 32 heavy (non-hydrogen) atoms. The number of aryl methyl sites for hydroxylation is 1. The zero-order chi connectivity index (χ0) is 23.0. The first-order valence-corrected chi connectivity index (χ1v) is 9.95. The van der Waals surface area contributed by atoms with Crippen LogP contribution in [0.3, 0.4) is 0 Å². The summed E-state index contributed by atoms with van der Waals surface area (Å²) < 4.78 is 15.3. The molecule has 0 spiro atoms. The smallest absolute Gasteiger partial charge is 0.262 e. The Hall–Kier alpha value is -3.92. The lowest BCUT2D eigenvalue weighted by Crippen LogP contribution is -2.45. The van der Waals surface area contributed by atoms with E-state index < -0.39 is 29.2 Å². The van der Waals surface area contributed by atoms with Crippen molar-refractivity contribution in [2.24, 2.45) is 5.73 Å². The van der Waals surface area contributed by atoms with Crippen molar-refractivity contribution < 1.29 is 18.8 Å². The topological polar surface area (TPSA) is 136 Å². The number of amides is 3. The predicted molar refractivity (Wildman–Crippen MR) is 114 cm³/mol. The van der Waals surface area contributed by atoms with Gasteiger partial charge in [0.05, 0.1) is 11.1 Å². The van der Waals surface area contributed by atoms with Gasteiger partial charge in [-0.25, -0.2) is 9.37 Å². The fourth-order valence-electron chi connectivity index (χ4n) is 3.77. The standard InChI is InChI=1S/C22H20FN5O4/c1-11-25-19-14(22(32)28(11)17-7-8-18(29)27-21(17)31)3-2-4-16(19)26-20(30)12-5-6-13(10-24)15(23)9-12/h2-6,9,17H,7-8,10,24H2,1H3,(H,26,30)(H,27,29,31). The van der Waals surface area contributed by atoms with Crippen LogP contribution in [0.1, 0.15) is 40.6 Å². The fourth-order valence-corrected chi connectivity index (χ4v) is 3.77. The lowest BCUT2D eigenvalue weighted by atomic mass is 10.1. The monoisotopic (exact) mass is 437 g/mol. The number of para-hydroxylation sites is 1. The molecule has 1 saturated heterocycles. The molecule has 3 amide bonds. The van der Waals surface area contributed by atoms with E-state index in [1.807, 2.05) is 0 Å². The van der Waals surface area contributed by atoms with E-state index in [2.05, 4.69) is 15.6 Å². The van der Waals surface area contributed by atoms with Crippen LogP contribution in [0.15, 0.2) is 41.2 Å². The van der Waals surface area contributed by atoms with Crippen LogP contribution in [0.4, 0.5) is 10.1 Å². The Bertz CT molecular complexity index is 1330. The number of fused-ring (bicyclic) bond motifs is 1. The van der Waals surface area contributed by atoms with Gasteiger partial charge in [-0.15, -0.1) is 0 Å². The first-order chi connectivity index (χ1) is 15.3. The molecule has 10 heteroatoms. The Morgan fingerprint density at radius 3 is 2.75 bits per heavy atom. The zero-order valence-corrected chi connectivity index (χ0v) is 17.1. The molecule has 1 aromatic heterocycles. The number of imide groups is 1. The number of halogens is 1. The summed E-state index contributed by atoms with van der Waals surface area (Å²) in [6.45, 7) is 1.59. The number of piperidine rings is 1. The quantitative estimate of drug-likeness (QED) is 0.530. The van der Waals surface area contributed by atoms with Crippen LogP contribution in [-0.2, 0) is 16.1 Å². The van der Waals surface area contributed by atoms with Crippen LogP contribution in [0.2, 0.25) is 0 Å². The van der Waals surface area contributed by atoms with Crippen molar-refractivity contribution in [3.8, 4) is 0 Å². The van der Waals surface area contributed by atoms with E-state index in [4.69, 9.17) is 5.73 Å². The molecule has 2 heterocycles. The molecule has 2 aromatic carbocycles.